The van der Waals surface area contributed by atoms with Crippen molar-refractivity contribution in [2.75, 3.05) is 13.1 Å². The van der Waals surface area contributed by atoms with Crippen LogP contribution in [0, 0.1) is 5.82 Å². The Morgan fingerprint density at radius 3 is 2.89 bits per heavy atom. The maximum atomic E-state index is 13.5. The molecule has 1 atom stereocenters. The van der Waals surface area contributed by atoms with Gasteiger partial charge in [0.25, 0.3) is 0 Å². The number of benzene rings is 1. The first kappa shape index (κ1) is 15.7. The topological polar surface area (TPSA) is 58.4 Å². The lowest BCUT2D eigenvalue weighted by molar-refractivity contribution is 0.181. The average Bonchev–Trinajstić information content (AvgIpc) is 2.32. The molecule has 2 amide bonds. The highest BCUT2D eigenvalue weighted by Gasteiger charge is 2.21. The van der Waals surface area contributed by atoms with Crippen molar-refractivity contribution in [3.63, 3.8) is 0 Å². The molecule has 1 fully saturated rings. The van der Waals surface area contributed by atoms with Gasteiger partial charge in [0.15, 0.2) is 0 Å². The molecular weight excluding hydrogens is 269 g/mol. The van der Waals surface area contributed by atoms with Crippen molar-refractivity contribution in [3.8, 4) is 0 Å². The molecule has 0 aliphatic carbocycles. The van der Waals surface area contributed by atoms with E-state index in [-0.39, 0.29) is 24.3 Å². The number of rotatable bonds is 3. The van der Waals surface area contributed by atoms with Crippen LogP contribution in [0.4, 0.5) is 9.18 Å². The number of likely N-dealkylation sites (tertiary alicyclic amines) is 1. The van der Waals surface area contributed by atoms with Gasteiger partial charge < -0.3 is 11.1 Å². The van der Waals surface area contributed by atoms with Gasteiger partial charge in [0, 0.05) is 24.7 Å². The molecule has 106 valence electrons. The van der Waals surface area contributed by atoms with Gasteiger partial charge in [-0.25, -0.2) is 9.18 Å². The van der Waals surface area contributed by atoms with Crippen LogP contribution in [0.2, 0.25) is 0 Å². The Morgan fingerprint density at radius 1 is 1.47 bits per heavy atom. The van der Waals surface area contributed by atoms with Crippen molar-refractivity contribution < 1.29 is 9.18 Å². The van der Waals surface area contributed by atoms with Crippen molar-refractivity contribution in [1.29, 1.82) is 0 Å². The fourth-order valence-corrected chi connectivity index (χ4v) is 2.39. The SMILES string of the molecule is Cl.NC(=O)N[C@@H]1CCCN(Cc2ccccc2F)C1. The van der Waals surface area contributed by atoms with Crippen LogP contribution < -0.4 is 11.1 Å². The number of halogens is 2. The molecule has 0 aromatic heterocycles. The standard InChI is InChI=1S/C13H18FN3O.ClH/c14-12-6-2-1-4-10(12)8-17-7-3-5-11(9-17)16-13(15)18;/h1-2,4,6,11H,3,5,7-9H2,(H3,15,16,18);1H/t11-;/m1./s1. The van der Waals surface area contributed by atoms with E-state index < -0.39 is 6.03 Å². The number of piperidine rings is 1. The number of hydrogen-bond donors (Lipinski definition) is 2. The van der Waals surface area contributed by atoms with Crippen LogP contribution in [0.3, 0.4) is 0 Å². The van der Waals surface area contributed by atoms with Crippen LogP contribution in [0.25, 0.3) is 0 Å². The summed E-state index contributed by atoms with van der Waals surface area (Å²) in [5.41, 5.74) is 5.81. The van der Waals surface area contributed by atoms with Gasteiger partial charge >= 0.3 is 6.03 Å². The maximum absolute atomic E-state index is 13.5. The summed E-state index contributed by atoms with van der Waals surface area (Å²) in [6.07, 6.45) is 1.91. The van der Waals surface area contributed by atoms with E-state index in [1.54, 1.807) is 12.1 Å². The number of carbonyl (C=O) groups is 1. The highest BCUT2D eigenvalue weighted by molar-refractivity contribution is 5.85. The minimum atomic E-state index is -0.493. The Morgan fingerprint density at radius 2 is 2.21 bits per heavy atom. The number of carbonyl (C=O) groups excluding carboxylic acids is 1. The maximum Gasteiger partial charge on any atom is 0.312 e. The molecule has 0 radical (unpaired) electrons. The highest BCUT2D eigenvalue weighted by Crippen LogP contribution is 2.15. The number of nitrogens with two attached hydrogens (primary N) is 1. The lowest BCUT2D eigenvalue weighted by Crippen LogP contribution is -2.48. The number of urea groups is 1. The first-order chi connectivity index (χ1) is 8.65. The molecule has 4 nitrogen and oxygen atoms in total. The van der Waals surface area contributed by atoms with Gasteiger partial charge in [-0.1, -0.05) is 18.2 Å². The molecule has 0 bridgehead atoms. The van der Waals surface area contributed by atoms with Crippen LogP contribution >= 0.6 is 12.4 Å². The summed E-state index contributed by atoms with van der Waals surface area (Å²) in [5.74, 6) is -0.178. The number of nitrogens with zero attached hydrogens (tertiary/aromatic N) is 1. The summed E-state index contributed by atoms with van der Waals surface area (Å²) in [5, 5.41) is 2.72. The van der Waals surface area contributed by atoms with E-state index >= 15 is 0 Å². The molecule has 1 aromatic carbocycles. The third kappa shape index (κ3) is 4.69. The van der Waals surface area contributed by atoms with Crippen LogP contribution in [0.15, 0.2) is 24.3 Å². The summed E-state index contributed by atoms with van der Waals surface area (Å²) in [6, 6.07) is 6.36. The Kier molecular flexibility index (Phi) is 6.05. The Bertz CT molecular complexity index is 430. The zero-order valence-corrected chi connectivity index (χ0v) is 11.5. The molecule has 2 rings (SSSR count). The van der Waals surface area contributed by atoms with E-state index in [4.69, 9.17) is 5.73 Å². The molecule has 0 spiro atoms. The lowest BCUT2D eigenvalue weighted by atomic mass is 10.0. The van der Waals surface area contributed by atoms with E-state index in [9.17, 15) is 9.18 Å². The summed E-state index contributed by atoms with van der Waals surface area (Å²) in [6.45, 7) is 2.21. The lowest BCUT2D eigenvalue weighted by Gasteiger charge is -2.32. The summed E-state index contributed by atoms with van der Waals surface area (Å²) in [4.78, 5) is 13.0. The fraction of sp³-hybridized carbons (Fsp3) is 0.462. The molecule has 1 saturated heterocycles. The van der Waals surface area contributed by atoms with Gasteiger partial charge in [0.2, 0.25) is 0 Å². The molecule has 19 heavy (non-hydrogen) atoms. The number of nitrogens with one attached hydrogen (secondary N) is 1. The van der Waals surface area contributed by atoms with Gasteiger partial charge in [-0.05, 0) is 25.5 Å². The van der Waals surface area contributed by atoms with Crippen LogP contribution in [-0.2, 0) is 6.54 Å². The van der Waals surface area contributed by atoms with E-state index in [1.807, 2.05) is 6.07 Å². The minimum Gasteiger partial charge on any atom is -0.352 e. The average molecular weight is 288 g/mol. The summed E-state index contributed by atoms with van der Waals surface area (Å²) in [7, 11) is 0. The fourth-order valence-electron chi connectivity index (χ4n) is 2.39. The van der Waals surface area contributed by atoms with Gasteiger partial charge in [0.05, 0.1) is 0 Å². The minimum absolute atomic E-state index is 0. The highest BCUT2D eigenvalue weighted by atomic mass is 35.5. The third-order valence-electron chi connectivity index (χ3n) is 3.20. The number of primary amides is 1. The molecule has 3 N–H and O–H groups in total. The first-order valence-corrected chi connectivity index (χ1v) is 6.17. The summed E-state index contributed by atoms with van der Waals surface area (Å²) < 4.78 is 13.5. The normalized spacial score (nSPS) is 19.5. The Balaban J connectivity index is 0.00000180. The molecule has 6 heteroatoms. The van der Waals surface area contributed by atoms with Gasteiger partial charge in [0.1, 0.15) is 5.82 Å². The van der Waals surface area contributed by atoms with Crippen molar-refractivity contribution in [1.82, 2.24) is 10.2 Å². The molecule has 0 unspecified atom stereocenters. The van der Waals surface area contributed by atoms with Gasteiger partial charge in [-0.3, -0.25) is 4.90 Å². The van der Waals surface area contributed by atoms with Gasteiger partial charge in [-0.2, -0.15) is 0 Å². The zero-order chi connectivity index (χ0) is 13.0. The van der Waals surface area contributed by atoms with E-state index in [1.165, 1.54) is 6.07 Å². The molecule has 1 aliphatic heterocycles. The molecule has 1 aromatic rings. The molecule has 1 aliphatic rings. The van der Waals surface area contributed by atoms with Gasteiger partial charge in [-0.15, -0.1) is 12.4 Å². The predicted molar refractivity (Wildman–Crippen MR) is 74.7 cm³/mol. The van der Waals surface area contributed by atoms with Crippen molar-refractivity contribution in [3.05, 3.63) is 35.6 Å². The van der Waals surface area contributed by atoms with E-state index in [2.05, 4.69) is 10.2 Å². The third-order valence-corrected chi connectivity index (χ3v) is 3.20. The van der Waals surface area contributed by atoms with Crippen LogP contribution in [0.1, 0.15) is 18.4 Å². The number of hydrogen-bond acceptors (Lipinski definition) is 2. The van der Waals surface area contributed by atoms with Crippen molar-refractivity contribution in [2.45, 2.75) is 25.4 Å². The number of amides is 2. The molecule has 1 heterocycles. The van der Waals surface area contributed by atoms with Crippen LogP contribution in [0.5, 0.6) is 0 Å². The van der Waals surface area contributed by atoms with Crippen molar-refractivity contribution in [2.24, 2.45) is 5.73 Å². The van der Waals surface area contributed by atoms with Crippen molar-refractivity contribution >= 4 is 18.4 Å². The second-order valence-corrected chi connectivity index (χ2v) is 4.67. The second-order valence-electron chi connectivity index (χ2n) is 4.67. The smallest absolute Gasteiger partial charge is 0.312 e. The zero-order valence-electron chi connectivity index (χ0n) is 10.6. The second kappa shape index (κ2) is 7.31. The Labute approximate surface area is 118 Å². The summed E-state index contributed by atoms with van der Waals surface area (Å²) >= 11 is 0. The quantitative estimate of drug-likeness (QED) is 0.892. The predicted octanol–water partition coefficient (Wildman–Crippen LogP) is 1.88. The van der Waals surface area contributed by atoms with E-state index in [0.717, 1.165) is 25.9 Å². The molecular formula is C13H19ClFN3O. The largest absolute Gasteiger partial charge is 0.352 e. The molecule has 0 saturated carbocycles. The first-order valence-electron chi connectivity index (χ1n) is 6.17. The van der Waals surface area contributed by atoms with E-state index in [0.29, 0.717) is 12.1 Å². The van der Waals surface area contributed by atoms with Crippen LogP contribution in [-0.4, -0.2) is 30.1 Å². The Hall–Kier alpha value is -1.33. The monoisotopic (exact) mass is 287 g/mol.